The Balaban J connectivity index is 3.52. The van der Waals surface area contributed by atoms with Crippen LogP contribution in [0.4, 0.5) is 0 Å². The summed E-state index contributed by atoms with van der Waals surface area (Å²) in [5.41, 5.74) is 0. The molecule has 0 radical (unpaired) electrons. The maximum atomic E-state index is 8.94. The number of aliphatic hydroxyl groups is 2. The highest BCUT2D eigenvalue weighted by molar-refractivity contribution is 9.12. The van der Waals surface area contributed by atoms with E-state index in [-0.39, 0.29) is 4.83 Å². The van der Waals surface area contributed by atoms with Crippen molar-refractivity contribution < 1.29 is 10.2 Å². The Morgan fingerprint density at radius 1 is 1.50 bits per heavy atom. The molecule has 0 aliphatic rings. The van der Waals surface area contributed by atoms with E-state index < -0.39 is 4.70 Å². The lowest BCUT2D eigenvalue weighted by atomic mass is 10.2. The summed E-state index contributed by atoms with van der Waals surface area (Å²) in [6.45, 7) is 2.06. The quantitative estimate of drug-likeness (QED) is 0.608. The number of halogens is 2. The average molecular weight is 276 g/mol. The van der Waals surface area contributed by atoms with Crippen molar-refractivity contribution in [3.8, 4) is 0 Å². The Morgan fingerprint density at radius 3 is 2.30 bits per heavy atom. The molecular weight excluding hydrogens is 264 g/mol. The van der Waals surface area contributed by atoms with Gasteiger partial charge in [-0.2, -0.15) is 0 Å². The monoisotopic (exact) mass is 274 g/mol. The van der Waals surface area contributed by atoms with Crippen LogP contribution in [-0.2, 0) is 0 Å². The molecule has 1 unspecified atom stereocenters. The Bertz CT molecular complexity index is 90.2. The normalized spacial score (nSPS) is 15.3. The smallest absolute Gasteiger partial charge is 0.234 e. The average Bonchev–Trinajstić information content (AvgIpc) is 1.80. The largest absolute Gasteiger partial charge is 0.356 e. The molecule has 10 heavy (non-hydrogen) atoms. The van der Waals surface area contributed by atoms with Gasteiger partial charge in [0.25, 0.3) is 0 Å². The molecule has 4 heteroatoms. The van der Waals surface area contributed by atoms with Gasteiger partial charge < -0.3 is 10.2 Å². The highest BCUT2D eigenvalue weighted by atomic mass is 79.9. The first kappa shape index (κ1) is 10.9. The zero-order valence-electron chi connectivity index (χ0n) is 5.85. The standard InChI is InChI=1S/C6H12Br2O2/c1-2-3-4-5(7)6(8,9)10/h5,9-10H,2-4H2,1H3. The van der Waals surface area contributed by atoms with Gasteiger partial charge in [0.05, 0.1) is 4.83 Å². The van der Waals surface area contributed by atoms with Crippen molar-refractivity contribution in [1.29, 1.82) is 0 Å². The highest BCUT2D eigenvalue weighted by Crippen LogP contribution is 2.26. The molecule has 0 saturated heterocycles. The zero-order valence-corrected chi connectivity index (χ0v) is 9.02. The SMILES string of the molecule is CCCCC(Br)C(O)(O)Br. The third-order valence-electron chi connectivity index (χ3n) is 1.21. The van der Waals surface area contributed by atoms with E-state index in [4.69, 9.17) is 10.2 Å². The van der Waals surface area contributed by atoms with Crippen LogP contribution in [0, 0.1) is 0 Å². The molecule has 2 N–H and O–H groups in total. The van der Waals surface area contributed by atoms with Crippen LogP contribution in [0.3, 0.4) is 0 Å². The number of hydrogen-bond acceptors (Lipinski definition) is 2. The van der Waals surface area contributed by atoms with E-state index in [0.717, 1.165) is 19.3 Å². The number of alkyl halides is 2. The highest BCUT2D eigenvalue weighted by Gasteiger charge is 2.27. The van der Waals surface area contributed by atoms with Gasteiger partial charge in [-0.05, 0) is 22.4 Å². The first-order valence-corrected chi connectivity index (χ1v) is 4.97. The molecule has 0 aliphatic heterocycles. The Hall–Kier alpha value is 0.880. The van der Waals surface area contributed by atoms with Crippen molar-refractivity contribution in [2.24, 2.45) is 0 Å². The van der Waals surface area contributed by atoms with Gasteiger partial charge >= 0.3 is 0 Å². The summed E-state index contributed by atoms with van der Waals surface area (Å²) in [5.74, 6) is 0. The van der Waals surface area contributed by atoms with Crippen LogP contribution in [0.15, 0.2) is 0 Å². The van der Waals surface area contributed by atoms with Crippen molar-refractivity contribution >= 4 is 31.9 Å². The molecule has 0 rings (SSSR count). The lowest BCUT2D eigenvalue weighted by Crippen LogP contribution is -2.30. The summed E-state index contributed by atoms with van der Waals surface area (Å²) >= 11 is 5.89. The summed E-state index contributed by atoms with van der Waals surface area (Å²) in [6, 6.07) is 0. The van der Waals surface area contributed by atoms with E-state index in [1.807, 2.05) is 0 Å². The predicted molar refractivity (Wildman–Crippen MR) is 48.3 cm³/mol. The molecule has 0 heterocycles. The minimum Gasteiger partial charge on any atom is -0.356 e. The number of unbranched alkanes of at least 4 members (excludes halogenated alkanes) is 1. The molecule has 1 atom stereocenters. The molecule has 0 aromatic carbocycles. The second-order valence-electron chi connectivity index (χ2n) is 2.25. The van der Waals surface area contributed by atoms with E-state index >= 15 is 0 Å². The summed E-state index contributed by atoms with van der Waals surface area (Å²) in [4.78, 5) is -0.292. The predicted octanol–water partition coefficient (Wildman–Crippen LogP) is 1.97. The van der Waals surface area contributed by atoms with Crippen LogP contribution in [0.5, 0.6) is 0 Å². The fourth-order valence-corrected chi connectivity index (χ4v) is 1.12. The van der Waals surface area contributed by atoms with Crippen LogP contribution < -0.4 is 0 Å². The fourth-order valence-electron chi connectivity index (χ4n) is 0.567. The summed E-state index contributed by atoms with van der Waals surface area (Å²) in [5, 5.41) is 17.9. The molecule has 0 aromatic heterocycles. The van der Waals surface area contributed by atoms with Crippen molar-refractivity contribution in [2.45, 2.75) is 35.7 Å². The molecule has 0 amide bonds. The van der Waals surface area contributed by atoms with Crippen LogP contribution in [0.1, 0.15) is 26.2 Å². The second kappa shape index (κ2) is 4.70. The summed E-state index contributed by atoms with van der Waals surface area (Å²) < 4.78 is -1.76. The molecule has 0 aliphatic carbocycles. The van der Waals surface area contributed by atoms with Crippen LogP contribution in [-0.4, -0.2) is 19.7 Å². The number of rotatable bonds is 4. The third kappa shape index (κ3) is 4.66. The van der Waals surface area contributed by atoms with Crippen molar-refractivity contribution in [2.75, 3.05) is 0 Å². The molecule has 0 spiro atoms. The Kier molecular flexibility index (Phi) is 5.11. The minimum atomic E-state index is -1.76. The Morgan fingerprint density at radius 2 is 2.00 bits per heavy atom. The van der Waals surface area contributed by atoms with E-state index in [9.17, 15) is 0 Å². The van der Waals surface area contributed by atoms with Gasteiger partial charge in [0.2, 0.25) is 4.70 Å². The third-order valence-corrected chi connectivity index (χ3v) is 3.47. The van der Waals surface area contributed by atoms with E-state index in [2.05, 4.69) is 38.8 Å². The number of hydrogen-bond donors (Lipinski definition) is 2. The molecule has 2 nitrogen and oxygen atoms in total. The summed E-state index contributed by atoms with van der Waals surface area (Å²) in [6.07, 6.45) is 2.81. The van der Waals surface area contributed by atoms with Crippen LogP contribution in [0.25, 0.3) is 0 Å². The summed E-state index contributed by atoms with van der Waals surface area (Å²) in [7, 11) is 0. The van der Waals surface area contributed by atoms with Crippen molar-refractivity contribution in [1.82, 2.24) is 0 Å². The second-order valence-corrected chi connectivity index (χ2v) is 4.52. The van der Waals surface area contributed by atoms with Gasteiger partial charge in [-0.3, -0.25) is 0 Å². The molecule has 0 fully saturated rings. The van der Waals surface area contributed by atoms with Crippen LogP contribution in [0.2, 0.25) is 0 Å². The van der Waals surface area contributed by atoms with Gasteiger partial charge in [-0.25, -0.2) is 0 Å². The fraction of sp³-hybridized carbons (Fsp3) is 1.00. The maximum absolute atomic E-state index is 8.94. The lowest BCUT2D eigenvalue weighted by Gasteiger charge is -2.19. The topological polar surface area (TPSA) is 40.5 Å². The van der Waals surface area contributed by atoms with Crippen LogP contribution >= 0.6 is 31.9 Å². The maximum Gasteiger partial charge on any atom is 0.234 e. The van der Waals surface area contributed by atoms with Crippen molar-refractivity contribution in [3.05, 3.63) is 0 Å². The van der Waals surface area contributed by atoms with E-state index in [1.165, 1.54) is 0 Å². The van der Waals surface area contributed by atoms with Gasteiger partial charge in [-0.15, -0.1) is 0 Å². The Labute approximate surface area is 77.9 Å². The molecule has 0 bridgehead atoms. The van der Waals surface area contributed by atoms with Gasteiger partial charge in [0, 0.05) is 0 Å². The molecule has 0 saturated carbocycles. The first-order valence-electron chi connectivity index (χ1n) is 3.26. The molecule has 0 aromatic rings. The lowest BCUT2D eigenvalue weighted by molar-refractivity contribution is -0.0686. The molecule has 62 valence electrons. The van der Waals surface area contributed by atoms with Gasteiger partial charge in [0.1, 0.15) is 0 Å². The molecular formula is C6H12Br2O2. The van der Waals surface area contributed by atoms with Crippen molar-refractivity contribution in [3.63, 3.8) is 0 Å². The van der Waals surface area contributed by atoms with Gasteiger partial charge in [0.15, 0.2) is 0 Å². The minimum absolute atomic E-state index is 0.292. The first-order chi connectivity index (χ1) is 4.48. The zero-order chi connectivity index (χ0) is 8.20. The van der Waals surface area contributed by atoms with E-state index in [1.54, 1.807) is 0 Å². The van der Waals surface area contributed by atoms with E-state index in [0.29, 0.717) is 0 Å². The van der Waals surface area contributed by atoms with Gasteiger partial charge in [-0.1, -0.05) is 35.7 Å².